The number of aromatic nitrogens is 2. The average molecular weight is 388 g/mol. The minimum absolute atomic E-state index is 0.0239. The molecule has 1 N–H and O–H groups in total. The topological polar surface area (TPSA) is 92.3 Å². The molecule has 0 saturated carbocycles. The third-order valence-electron chi connectivity index (χ3n) is 4.66. The predicted molar refractivity (Wildman–Crippen MR) is 104 cm³/mol. The van der Waals surface area contributed by atoms with Crippen LogP contribution in [0, 0.1) is 6.92 Å². The van der Waals surface area contributed by atoms with Crippen LogP contribution in [-0.4, -0.2) is 53.3 Å². The first-order valence-corrected chi connectivity index (χ1v) is 10.8. The number of nitrogens with one attached hydrogen (secondary N) is 1. The smallest absolute Gasteiger partial charge is 0.272 e. The molecule has 8 heteroatoms. The second-order valence-electron chi connectivity index (χ2n) is 6.76. The van der Waals surface area contributed by atoms with E-state index >= 15 is 0 Å². The van der Waals surface area contributed by atoms with Gasteiger partial charge in [0.05, 0.1) is 11.5 Å². The summed E-state index contributed by atoms with van der Waals surface area (Å²) >= 11 is 0. The molecule has 1 fully saturated rings. The zero-order valence-corrected chi connectivity index (χ0v) is 16.4. The first-order valence-electron chi connectivity index (χ1n) is 9.02. The Labute approximate surface area is 159 Å². The second-order valence-corrected chi connectivity index (χ2v) is 8.98. The highest BCUT2D eigenvalue weighted by Crippen LogP contribution is 2.19. The largest absolute Gasteiger partial charge is 0.350 e. The number of sulfone groups is 1. The van der Waals surface area contributed by atoms with Gasteiger partial charge in [-0.1, -0.05) is 29.8 Å². The minimum Gasteiger partial charge on any atom is -0.350 e. The Morgan fingerprint density at radius 2 is 2.15 bits per heavy atom. The zero-order chi connectivity index (χ0) is 19.4. The summed E-state index contributed by atoms with van der Waals surface area (Å²) in [5.41, 5.74) is 2.54. The number of aryl methyl sites for hydroxylation is 1. The number of benzene rings is 1. The lowest BCUT2D eigenvalue weighted by Crippen LogP contribution is -2.41. The SMILES string of the molecule is CCN(C(=O)c1ccnc(NCc2cccc(C)c2)n1)C1CCS(=O)(=O)C1. The van der Waals surface area contributed by atoms with E-state index in [1.54, 1.807) is 11.0 Å². The first kappa shape index (κ1) is 19.3. The molecule has 0 spiro atoms. The Bertz CT molecular complexity index is 930. The molecule has 2 heterocycles. The Hall–Kier alpha value is -2.48. The van der Waals surface area contributed by atoms with Gasteiger partial charge in [0, 0.05) is 25.3 Å². The van der Waals surface area contributed by atoms with Gasteiger partial charge in [-0.3, -0.25) is 4.79 Å². The fraction of sp³-hybridized carbons (Fsp3) is 0.421. The van der Waals surface area contributed by atoms with E-state index in [4.69, 9.17) is 0 Å². The summed E-state index contributed by atoms with van der Waals surface area (Å²) < 4.78 is 23.5. The number of anilines is 1. The van der Waals surface area contributed by atoms with Gasteiger partial charge in [0.2, 0.25) is 5.95 Å². The van der Waals surface area contributed by atoms with Gasteiger partial charge in [-0.2, -0.15) is 0 Å². The van der Waals surface area contributed by atoms with E-state index in [0.717, 1.165) is 5.56 Å². The fourth-order valence-corrected chi connectivity index (χ4v) is 5.03. The summed E-state index contributed by atoms with van der Waals surface area (Å²) in [4.78, 5) is 23.0. The van der Waals surface area contributed by atoms with Crippen LogP contribution < -0.4 is 5.32 Å². The highest BCUT2D eigenvalue weighted by Gasteiger charge is 2.34. The van der Waals surface area contributed by atoms with Gasteiger partial charge in [-0.25, -0.2) is 18.4 Å². The number of carbonyl (C=O) groups is 1. The van der Waals surface area contributed by atoms with E-state index in [0.29, 0.717) is 25.5 Å². The van der Waals surface area contributed by atoms with Crippen LogP contribution in [0.2, 0.25) is 0 Å². The number of carbonyl (C=O) groups excluding carboxylic acids is 1. The van der Waals surface area contributed by atoms with E-state index in [1.807, 2.05) is 32.0 Å². The zero-order valence-electron chi connectivity index (χ0n) is 15.6. The number of hydrogen-bond donors (Lipinski definition) is 1. The van der Waals surface area contributed by atoms with E-state index < -0.39 is 9.84 Å². The molecule has 0 aliphatic carbocycles. The number of hydrogen-bond acceptors (Lipinski definition) is 6. The monoisotopic (exact) mass is 388 g/mol. The van der Waals surface area contributed by atoms with Crippen LogP contribution in [0.15, 0.2) is 36.5 Å². The fourth-order valence-electron chi connectivity index (χ4n) is 3.30. The molecular weight excluding hydrogens is 364 g/mol. The maximum absolute atomic E-state index is 12.9. The molecule has 144 valence electrons. The molecule has 1 amide bonds. The Balaban J connectivity index is 1.71. The summed E-state index contributed by atoms with van der Waals surface area (Å²) in [6.45, 7) is 4.87. The van der Waals surface area contributed by atoms with Crippen LogP contribution in [0.25, 0.3) is 0 Å². The number of rotatable bonds is 6. The highest BCUT2D eigenvalue weighted by molar-refractivity contribution is 7.91. The molecule has 3 rings (SSSR count). The van der Waals surface area contributed by atoms with Gasteiger partial charge in [0.25, 0.3) is 5.91 Å². The van der Waals surface area contributed by atoms with Crippen molar-refractivity contribution in [1.82, 2.24) is 14.9 Å². The lowest BCUT2D eigenvalue weighted by Gasteiger charge is -2.26. The maximum atomic E-state index is 12.9. The number of nitrogens with zero attached hydrogens (tertiary/aromatic N) is 3. The van der Waals surface area contributed by atoms with Gasteiger partial charge in [-0.05, 0) is 31.9 Å². The average Bonchev–Trinajstić information content (AvgIpc) is 3.00. The molecule has 0 radical (unpaired) electrons. The third-order valence-corrected chi connectivity index (χ3v) is 6.41. The molecule has 2 aromatic rings. The molecule has 1 aliphatic rings. The Kier molecular flexibility index (Phi) is 5.74. The maximum Gasteiger partial charge on any atom is 0.272 e. The highest BCUT2D eigenvalue weighted by atomic mass is 32.2. The summed E-state index contributed by atoms with van der Waals surface area (Å²) in [7, 11) is -3.06. The van der Waals surface area contributed by atoms with E-state index in [2.05, 4.69) is 21.4 Å². The summed E-state index contributed by atoms with van der Waals surface area (Å²) in [6.07, 6.45) is 2.02. The normalized spacial score (nSPS) is 18.2. The molecule has 0 bridgehead atoms. The van der Waals surface area contributed by atoms with Crippen LogP contribution >= 0.6 is 0 Å². The first-order chi connectivity index (χ1) is 12.9. The molecule has 7 nitrogen and oxygen atoms in total. The molecule has 1 saturated heterocycles. The lowest BCUT2D eigenvalue weighted by atomic mass is 10.1. The molecule has 27 heavy (non-hydrogen) atoms. The Morgan fingerprint density at radius 1 is 1.33 bits per heavy atom. The van der Waals surface area contributed by atoms with Crippen molar-refractivity contribution in [1.29, 1.82) is 0 Å². The van der Waals surface area contributed by atoms with E-state index in [1.165, 1.54) is 11.8 Å². The van der Waals surface area contributed by atoms with Gasteiger partial charge >= 0.3 is 0 Å². The van der Waals surface area contributed by atoms with Crippen molar-refractivity contribution >= 4 is 21.7 Å². The lowest BCUT2D eigenvalue weighted by molar-refractivity contribution is 0.0702. The summed E-state index contributed by atoms with van der Waals surface area (Å²) in [5, 5.41) is 3.13. The molecule has 1 aromatic carbocycles. The molecular formula is C19H24N4O3S. The van der Waals surface area contributed by atoms with Crippen molar-refractivity contribution in [3.05, 3.63) is 53.3 Å². The van der Waals surface area contributed by atoms with Crippen molar-refractivity contribution < 1.29 is 13.2 Å². The predicted octanol–water partition coefficient (Wildman–Crippen LogP) is 2.05. The quantitative estimate of drug-likeness (QED) is 0.814. The second kappa shape index (κ2) is 8.04. The van der Waals surface area contributed by atoms with E-state index in [-0.39, 0.29) is 29.1 Å². The van der Waals surface area contributed by atoms with Crippen molar-refractivity contribution in [2.24, 2.45) is 0 Å². The summed E-state index contributed by atoms with van der Waals surface area (Å²) in [6, 6.07) is 9.37. The van der Waals surface area contributed by atoms with Crippen LogP contribution in [0.1, 0.15) is 35.0 Å². The molecule has 1 aromatic heterocycles. The Morgan fingerprint density at radius 3 is 2.81 bits per heavy atom. The van der Waals surface area contributed by atoms with Gasteiger partial charge in [0.1, 0.15) is 5.69 Å². The van der Waals surface area contributed by atoms with Crippen LogP contribution in [0.5, 0.6) is 0 Å². The molecule has 1 aliphatic heterocycles. The third kappa shape index (κ3) is 4.82. The van der Waals surface area contributed by atoms with Crippen LogP contribution in [0.3, 0.4) is 0 Å². The molecule has 1 atom stereocenters. The van der Waals surface area contributed by atoms with E-state index in [9.17, 15) is 13.2 Å². The minimum atomic E-state index is -3.06. The van der Waals surface area contributed by atoms with Crippen molar-refractivity contribution in [3.63, 3.8) is 0 Å². The molecule has 1 unspecified atom stereocenters. The van der Waals surface area contributed by atoms with Crippen molar-refractivity contribution in [3.8, 4) is 0 Å². The van der Waals surface area contributed by atoms with Crippen molar-refractivity contribution in [2.75, 3.05) is 23.4 Å². The van der Waals surface area contributed by atoms with Crippen LogP contribution in [-0.2, 0) is 16.4 Å². The van der Waals surface area contributed by atoms with Gasteiger partial charge < -0.3 is 10.2 Å². The number of amides is 1. The van der Waals surface area contributed by atoms with Crippen LogP contribution in [0.4, 0.5) is 5.95 Å². The summed E-state index contributed by atoms with van der Waals surface area (Å²) in [5.74, 6) is 0.267. The van der Waals surface area contributed by atoms with Gasteiger partial charge in [-0.15, -0.1) is 0 Å². The standard InChI is InChI=1S/C19H24N4O3S/c1-3-23(16-8-10-27(25,26)13-16)18(24)17-7-9-20-19(22-17)21-12-15-6-4-5-14(2)11-15/h4-7,9,11,16H,3,8,10,12-13H2,1-2H3,(H,20,21,22). The van der Waals surface area contributed by atoms with Crippen molar-refractivity contribution in [2.45, 2.75) is 32.9 Å². The van der Waals surface area contributed by atoms with Gasteiger partial charge in [0.15, 0.2) is 9.84 Å².